The molecule has 0 bridgehead atoms. The van der Waals surface area contributed by atoms with Gasteiger partial charge in [0.15, 0.2) is 5.11 Å². The van der Waals surface area contributed by atoms with Crippen molar-refractivity contribution in [3.05, 3.63) is 41.6 Å². The molecule has 1 aliphatic heterocycles. The molecule has 1 aromatic carbocycles. The molecular formula is C17H16N4O3S. The molecule has 7 nitrogen and oxygen atoms in total. The number of amides is 3. The second-order valence-electron chi connectivity index (χ2n) is 5.56. The molecule has 0 aliphatic carbocycles. The largest absolute Gasteiger partial charge is 0.368 e. The average molecular weight is 356 g/mol. The third-order valence-electron chi connectivity index (χ3n) is 3.95. The van der Waals surface area contributed by atoms with Crippen molar-refractivity contribution in [3.8, 4) is 0 Å². The summed E-state index contributed by atoms with van der Waals surface area (Å²) < 4.78 is 1.69. The molecule has 0 radical (unpaired) electrons. The first-order valence-corrected chi connectivity index (χ1v) is 8.08. The summed E-state index contributed by atoms with van der Waals surface area (Å²) in [5.41, 5.74) is 6.73. The molecule has 25 heavy (non-hydrogen) atoms. The molecule has 3 N–H and O–H groups in total. The van der Waals surface area contributed by atoms with Crippen molar-refractivity contribution in [2.45, 2.75) is 13.5 Å². The number of rotatable bonds is 4. The maximum atomic E-state index is 12.5. The molecule has 8 heteroatoms. The predicted octanol–water partition coefficient (Wildman–Crippen LogP) is 0.773. The smallest absolute Gasteiger partial charge is 0.265 e. The predicted molar refractivity (Wildman–Crippen MR) is 97.2 cm³/mol. The summed E-state index contributed by atoms with van der Waals surface area (Å²) in [7, 11) is 0. The van der Waals surface area contributed by atoms with Crippen LogP contribution in [0, 0.1) is 0 Å². The lowest BCUT2D eigenvalue weighted by Gasteiger charge is -2.27. The van der Waals surface area contributed by atoms with Crippen LogP contribution in [0.5, 0.6) is 0 Å². The van der Waals surface area contributed by atoms with Crippen LogP contribution in [0.25, 0.3) is 17.0 Å². The van der Waals surface area contributed by atoms with Crippen molar-refractivity contribution in [2.24, 2.45) is 5.73 Å². The summed E-state index contributed by atoms with van der Waals surface area (Å²) in [6.07, 6.45) is 3.22. The number of thiocarbonyl (C=S) groups is 1. The molecule has 2 heterocycles. The molecular weight excluding hydrogens is 340 g/mol. The van der Waals surface area contributed by atoms with Gasteiger partial charge in [0.1, 0.15) is 12.1 Å². The van der Waals surface area contributed by atoms with Gasteiger partial charge in [-0.1, -0.05) is 18.2 Å². The summed E-state index contributed by atoms with van der Waals surface area (Å²) in [6.45, 7) is 2.14. The quantitative estimate of drug-likeness (QED) is 0.480. The highest BCUT2D eigenvalue weighted by Crippen LogP contribution is 2.24. The Kier molecular flexibility index (Phi) is 4.37. The van der Waals surface area contributed by atoms with Gasteiger partial charge in [-0.3, -0.25) is 24.6 Å². The van der Waals surface area contributed by atoms with Crippen molar-refractivity contribution in [1.82, 2.24) is 14.8 Å². The van der Waals surface area contributed by atoms with E-state index in [4.69, 9.17) is 18.0 Å². The number of para-hydroxylation sites is 1. The first-order valence-electron chi connectivity index (χ1n) is 7.67. The van der Waals surface area contributed by atoms with Crippen molar-refractivity contribution in [2.75, 3.05) is 6.54 Å². The van der Waals surface area contributed by atoms with E-state index in [0.717, 1.165) is 10.9 Å². The van der Waals surface area contributed by atoms with E-state index in [9.17, 15) is 14.4 Å². The summed E-state index contributed by atoms with van der Waals surface area (Å²) in [5, 5.41) is 3.43. The number of aromatic nitrogens is 1. The standard InChI is InChI=1S/C17H16N4O3S/c1-2-21-16(24)12(15(23)19-17(21)25)7-10-8-20(9-14(18)22)13-6-4-3-5-11(10)13/h3-8H,2,9H2,1H3,(H2,18,22)(H,19,23,25)/b12-7+. The first kappa shape index (κ1) is 16.8. The van der Waals surface area contributed by atoms with Crippen molar-refractivity contribution < 1.29 is 14.4 Å². The summed E-state index contributed by atoms with van der Waals surface area (Å²) in [5.74, 6) is -1.46. The summed E-state index contributed by atoms with van der Waals surface area (Å²) >= 11 is 5.02. The van der Waals surface area contributed by atoms with Crippen molar-refractivity contribution in [1.29, 1.82) is 0 Å². The van der Waals surface area contributed by atoms with Crippen LogP contribution in [-0.4, -0.2) is 38.8 Å². The second-order valence-corrected chi connectivity index (χ2v) is 5.95. The Bertz CT molecular complexity index is 945. The van der Waals surface area contributed by atoms with Gasteiger partial charge in [-0.15, -0.1) is 0 Å². The van der Waals surface area contributed by atoms with E-state index in [2.05, 4.69) is 5.32 Å². The lowest BCUT2D eigenvalue weighted by atomic mass is 10.1. The van der Waals surface area contributed by atoms with E-state index < -0.39 is 17.7 Å². The van der Waals surface area contributed by atoms with Crippen LogP contribution in [0.2, 0.25) is 0 Å². The Labute approximate surface area is 149 Å². The molecule has 0 atom stereocenters. The summed E-state index contributed by atoms with van der Waals surface area (Å²) in [4.78, 5) is 37.3. The molecule has 1 fully saturated rings. The number of primary amides is 1. The number of fused-ring (bicyclic) bond motifs is 1. The fourth-order valence-corrected chi connectivity index (χ4v) is 3.13. The highest BCUT2D eigenvalue weighted by Gasteiger charge is 2.32. The van der Waals surface area contributed by atoms with E-state index in [0.29, 0.717) is 12.1 Å². The number of likely N-dealkylation sites (N-methyl/N-ethyl adjacent to an activating group) is 1. The molecule has 0 saturated carbocycles. The molecule has 1 aliphatic rings. The lowest BCUT2D eigenvalue weighted by Crippen LogP contribution is -2.53. The number of benzene rings is 1. The van der Waals surface area contributed by atoms with Gasteiger partial charge in [0.05, 0.1) is 0 Å². The molecule has 1 aromatic heterocycles. The zero-order valence-electron chi connectivity index (χ0n) is 13.5. The fourth-order valence-electron chi connectivity index (χ4n) is 2.83. The third-order valence-corrected chi connectivity index (χ3v) is 4.27. The molecule has 0 unspecified atom stereocenters. The van der Waals surface area contributed by atoms with Crippen LogP contribution in [0.15, 0.2) is 36.0 Å². The van der Waals surface area contributed by atoms with Gasteiger partial charge in [0, 0.05) is 29.2 Å². The van der Waals surface area contributed by atoms with Crippen molar-refractivity contribution >= 4 is 52.0 Å². The van der Waals surface area contributed by atoms with Gasteiger partial charge >= 0.3 is 0 Å². The Balaban J connectivity index is 2.11. The highest BCUT2D eigenvalue weighted by atomic mass is 32.1. The Hall–Kier alpha value is -3.00. The number of hydrogen-bond acceptors (Lipinski definition) is 4. The normalized spacial score (nSPS) is 16.6. The summed E-state index contributed by atoms with van der Waals surface area (Å²) in [6, 6.07) is 7.38. The van der Waals surface area contributed by atoms with E-state index >= 15 is 0 Å². The second kappa shape index (κ2) is 6.48. The van der Waals surface area contributed by atoms with Crippen LogP contribution in [0.1, 0.15) is 12.5 Å². The number of hydrogen-bond donors (Lipinski definition) is 2. The van der Waals surface area contributed by atoms with Crippen LogP contribution < -0.4 is 11.1 Å². The van der Waals surface area contributed by atoms with E-state index in [1.807, 2.05) is 24.3 Å². The molecule has 0 spiro atoms. The maximum absolute atomic E-state index is 12.5. The number of nitrogens with two attached hydrogens (primary N) is 1. The maximum Gasteiger partial charge on any atom is 0.265 e. The molecule has 3 amide bonds. The number of nitrogens with zero attached hydrogens (tertiary/aromatic N) is 2. The third kappa shape index (κ3) is 3.03. The Morgan fingerprint density at radius 3 is 2.72 bits per heavy atom. The Morgan fingerprint density at radius 2 is 2.04 bits per heavy atom. The first-order chi connectivity index (χ1) is 11.9. The molecule has 1 saturated heterocycles. The monoisotopic (exact) mass is 356 g/mol. The van der Waals surface area contributed by atoms with Gasteiger partial charge in [-0.25, -0.2) is 0 Å². The van der Waals surface area contributed by atoms with E-state index in [1.165, 1.54) is 11.0 Å². The minimum Gasteiger partial charge on any atom is -0.368 e. The SMILES string of the molecule is CCN1C(=O)/C(=C/c2cn(CC(N)=O)c3ccccc23)C(=O)NC1=S. The fraction of sp³-hybridized carbons (Fsp3) is 0.176. The van der Waals surface area contributed by atoms with Crippen molar-refractivity contribution in [3.63, 3.8) is 0 Å². The zero-order valence-corrected chi connectivity index (χ0v) is 14.3. The molecule has 3 rings (SSSR count). The average Bonchev–Trinajstić information content (AvgIpc) is 2.89. The van der Waals surface area contributed by atoms with Gasteiger partial charge in [-0.05, 0) is 31.3 Å². The van der Waals surface area contributed by atoms with Crippen LogP contribution in [0.3, 0.4) is 0 Å². The van der Waals surface area contributed by atoms with Gasteiger partial charge < -0.3 is 10.3 Å². The van der Waals surface area contributed by atoms with E-state index in [-0.39, 0.29) is 17.2 Å². The zero-order chi connectivity index (χ0) is 18.1. The Morgan fingerprint density at radius 1 is 1.32 bits per heavy atom. The molecule has 128 valence electrons. The topological polar surface area (TPSA) is 97.4 Å². The number of carbonyl (C=O) groups is 3. The van der Waals surface area contributed by atoms with Crippen LogP contribution in [0.4, 0.5) is 0 Å². The minimum absolute atomic E-state index is 0.00238. The van der Waals surface area contributed by atoms with Gasteiger partial charge in [0.2, 0.25) is 5.91 Å². The molecule has 2 aromatic rings. The van der Waals surface area contributed by atoms with Gasteiger partial charge in [-0.2, -0.15) is 0 Å². The van der Waals surface area contributed by atoms with E-state index in [1.54, 1.807) is 17.7 Å². The van der Waals surface area contributed by atoms with Gasteiger partial charge in [0.25, 0.3) is 11.8 Å². The minimum atomic E-state index is -0.536. The number of carbonyl (C=O) groups excluding carboxylic acids is 3. The van der Waals surface area contributed by atoms with Crippen LogP contribution >= 0.6 is 12.2 Å². The van der Waals surface area contributed by atoms with Crippen LogP contribution in [-0.2, 0) is 20.9 Å². The number of nitrogens with one attached hydrogen (secondary N) is 1. The highest BCUT2D eigenvalue weighted by molar-refractivity contribution is 7.80. The lowest BCUT2D eigenvalue weighted by molar-refractivity contribution is -0.128.